The Balaban J connectivity index is 1.31. The maximum absolute atomic E-state index is 13.7. The van der Waals surface area contributed by atoms with Gasteiger partial charge in [0.25, 0.3) is 0 Å². The van der Waals surface area contributed by atoms with E-state index in [0.717, 1.165) is 15.5 Å². The van der Waals surface area contributed by atoms with Crippen LogP contribution in [0.15, 0.2) is 63.2 Å². The van der Waals surface area contributed by atoms with Crippen LogP contribution in [0.4, 0.5) is 10.1 Å². The maximum atomic E-state index is 13.7. The van der Waals surface area contributed by atoms with Crippen LogP contribution in [0.25, 0.3) is 0 Å². The van der Waals surface area contributed by atoms with Gasteiger partial charge in [-0.25, -0.2) is 17.9 Å². The van der Waals surface area contributed by atoms with Crippen molar-refractivity contribution in [3.05, 3.63) is 74.5 Å². The molecule has 1 aromatic heterocycles. The van der Waals surface area contributed by atoms with Crippen molar-refractivity contribution in [3.63, 3.8) is 0 Å². The molecule has 3 aliphatic rings. The molecule has 4 unspecified atom stereocenters. The van der Waals surface area contributed by atoms with E-state index in [1.54, 1.807) is 16.3 Å². The van der Waals surface area contributed by atoms with Gasteiger partial charge in [0.2, 0.25) is 15.9 Å². The van der Waals surface area contributed by atoms with Gasteiger partial charge in [-0.1, -0.05) is 23.5 Å². The van der Waals surface area contributed by atoms with Crippen molar-refractivity contribution in [3.8, 4) is 0 Å². The number of anilines is 1. The largest absolute Gasteiger partial charge is 0.325 e. The quantitative estimate of drug-likeness (QED) is 0.504. The molecule has 188 valence electrons. The van der Waals surface area contributed by atoms with Gasteiger partial charge in [0.05, 0.1) is 9.92 Å². The first-order chi connectivity index (χ1) is 17.2. The third-order valence-electron chi connectivity index (χ3n) is 7.69. The number of nitrogens with zero attached hydrogens (tertiary/aromatic N) is 1. The molecule has 11 heteroatoms. The summed E-state index contributed by atoms with van der Waals surface area (Å²) in [6, 6.07) is 12.2. The second kappa shape index (κ2) is 8.83. The fourth-order valence-electron chi connectivity index (χ4n) is 6.20. The number of nitrogens with two attached hydrogens (primary N) is 1. The summed E-state index contributed by atoms with van der Waals surface area (Å²) in [4.78, 5) is 26.7. The fourth-order valence-corrected chi connectivity index (χ4v) is 9.87. The zero-order chi connectivity index (χ0) is 25.2. The third-order valence-corrected chi connectivity index (χ3v) is 11.4. The Morgan fingerprint density at radius 2 is 1.78 bits per heavy atom. The van der Waals surface area contributed by atoms with Gasteiger partial charge in [-0.05, 0) is 79.0 Å². The monoisotopic (exact) mass is 545 g/mol. The molecule has 1 aliphatic heterocycles. The number of hydrogen-bond acceptors (Lipinski definition) is 6. The molecule has 2 heterocycles. The number of hydrogen-bond donors (Lipinski definition) is 2. The van der Waals surface area contributed by atoms with Crippen LogP contribution in [-0.4, -0.2) is 24.1 Å². The summed E-state index contributed by atoms with van der Waals surface area (Å²) in [5.41, 5.74) is 1.43. The number of sulfonamides is 1. The molecule has 2 fully saturated rings. The highest BCUT2D eigenvalue weighted by molar-refractivity contribution is 8.00. The average molecular weight is 546 g/mol. The van der Waals surface area contributed by atoms with Crippen LogP contribution in [0.1, 0.15) is 35.6 Å². The van der Waals surface area contributed by atoms with Gasteiger partial charge >= 0.3 is 4.87 Å². The number of thioether (sulfide) groups is 1. The number of carbonyl (C=O) groups excluding carboxylic acids is 1. The van der Waals surface area contributed by atoms with Gasteiger partial charge in [-0.3, -0.25) is 14.2 Å². The highest BCUT2D eigenvalue weighted by atomic mass is 32.2. The topological polar surface area (TPSA) is 111 Å². The van der Waals surface area contributed by atoms with E-state index in [1.807, 2.05) is 12.1 Å². The third kappa shape index (κ3) is 4.11. The number of benzene rings is 2. The summed E-state index contributed by atoms with van der Waals surface area (Å²) < 4.78 is 38.2. The number of carbonyl (C=O) groups is 1. The molecule has 3 aromatic rings. The lowest BCUT2D eigenvalue weighted by Gasteiger charge is -2.40. The molecule has 0 saturated heterocycles. The summed E-state index contributed by atoms with van der Waals surface area (Å²) in [5.74, 6) is 0.961. The predicted octanol–water partition coefficient (Wildman–Crippen LogP) is 3.99. The molecule has 5 atom stereocenters. The molecule has 0 spiro atoms. The Labute approximate surface area is 216 Å². The molecule has 2 aromatic carbocycles. The maximum Gasteiger partial charge on any atom is 0.308 e. The first-order valence-electron chi connectivity index (χ1n) is 11.8. The average Bonchev–Trinajstić information content (AvgIpc) is 3.53. The Hall–Kier alpha value is -2.47. The minimum absolute atomic E-state index is 0.0231. The second-order valence-corrected chi connectivity index (χ2v) is 13.5. The SMILES string of the molecule is NS(=O)(=O)c1ccc(NC(=O)Cn2c3c(sc2=O)[C@@H](c2ccc(F)cc2)C2C4CCC(C4)C2S3)cc1. The van der Waals surface area contributed by atoms with E-state index in [9.17, 15) is 22.4 Å². The number of rotatable bonds is 5. The molecular formula is C25H24FN3O4S3. The van der Waals surface area contributed by atoms with E-state index >= 15 is 0 Å². The molecule has 6 rings (SSSR count). The van der Waals surface area contributed by atoms with Crippen molar-refractivity contribution in [2.45, 2.75) is 46.9 Å². The molecule has 36 heavy (non-hydrogen) atoms. The number of nitrogens with one attached hydrogen (secondary N) is 1. The van der Waals surface area contributed by atoms with E-state index in [2.05, 4.69) is 5.32 Å². The number of fused-ring (bicyclic) bond motifs is 6. The lowest BCUT2D eigenvalue weighted by Crippen LogP contribution is -2.34. The van der Waals surface area contributed by atoms with Gasteiger partial charge in [-0.2, -0.15) is 0 Å². The van der Waals surface area contributed by atoms with Crippen molar-refractivity contribution in [1.29, 1.82) is 0 Å². The normalized spacial score (nSPS) is 26.4. The standard InChI is InChI=1S/C25H24FN3O4S3/c26-16-5-3-13(4-6-16)20-21-14-1-2-15(11-14)22(21)34-24-23(20)35-25(31)29(24)12-19(30)28-17-7-9-18(10-8-17)36(27,32)33/h3-10,14-15,20-22H,1-2,11-12H2,(H,28,30)(H2,27,32,33)/t14?,15?,20-,21?,22?/m0/s1. The fraction of sp³-hybridized carbons (Fsp3) is 0.360. The van der Waals surface area contributed by atoms with Crippen LogP contribution in [0, 0.1) is 23.6 Å². The number of thiazole rings is 1. The minimum Gasteiger partial charge on any atom is -0.325 e. The number of halogens is 1. The van der Waals surface area contributed by atoms with Gasteiger partial charge in [-0.15, -0.1) is 11.8 Å². The summed E-state index contributed by atoms with van der Waals surface area (Å²) in [6.45, 7) is -0.143. The lowest BCUT2D eigenvalue weighted by molar-refractivity contribution is -0.116. The van der Waals surface area contributed by atoms with Crippen LogP contribution in [0.2, 0.25) is 0 Å². The highest BCUT2D eigenvalue weighted by Crippen LogP contribution is 2.64. The predicted molar refractivity (Wildman–Crippen MR) is 137 cm³/mol. The highest BCUT2D eigenvalue weighted by Gasteiger charge is 2.55. The molecule has 1 amide bonds. The molecule has 0 radical (unpaired) electrons. The van der Waals surface area contributed by atoms with E-state index < -0.39 is 10.0 Å². The summed E-state index contributed by atoms with van der Waals surface area (Å²) in [6.07, 6.45) is 3.57. The lowest BCUT2D eigenvalue weighted by atomic mass is 9.75. The van der Waals surface area contributed by atoms with Gasteiger partial charge in [0, 0.05) is 21.7 Å². The Bertz CT molecular complexity index is 1500. The number of primary sulfonamides is 1. The summed E-state index contributed by atoms with van der Waals surface area (Å²) >= 11 is 2.92. The summed E-state index contributed by atoms with van der Waals surface area (Å²) in [7, 11) is -3.83. The van der Waals surface area contributed by atoms with Crippen molar-refractivity contribution < 1.29 is 17.6 Å². The van der Waals surface area contributed by atoms with Crippen molar-refractivity contribution in [2.24, 2.45) is 22.9 Å². The van der Waals surface area contributed by atoms with Crippen molar-refractivity contribution in [1.82, 2.24) is 4.57 Å². The smallest absolute Gasteiger partial charge is 0.308 e. The number of amides is 1. The molecule has 2 bridgehead atoms. The van der Waals surface area contributed by atoms with Gasteiger partial charge < -0.3 is 5.32 Å². The Morgan fingerprint density at radius 1 is 1.08 bits per heavy atom. The minimum atomic E-state index is -3.83. The van der Waals surface area contributed by atoms with Gasteiger partial charge in [0.1, 0.15) is 12.4 Å². The first-order valence-corrected chi connectivity index (χ1v) is 15.0. The van der Waals surface area contributed by atoms with Crippen LogP contribution < -0.4 is 15.3 Å². The van der Waals surface area contributed by atoms with E-state index in [0.29, 0.717) is 28.7 Å². The van der Waals surface area contributed by atoms with E-state index in [-0.39, 0.29) is 34.0 Å². The van der Waals surface area contributed by atoms with Gasteiger partial charge in [0.15, 0.2) is 0 Å². The van der Waals surface area contributed by atoms with E-state index in [1.165, 1.54) is 67.0 Å². The molecule has 3 N–H and O–H groups in total. The second-order valence-electron chi connectivity index (χ2n) is 9.76. The zero-order valence-electron chi connectivity index (χ0n) is 19.1. The Morgan fingerprint density at radius 3 is 2.47 bits per heavy atom. The van der Waals surface area contributed by atoms with Crippen LogP contribution >= 0.6 is 23.1 Å². The molecular weight excluding hydrogens is 521 g/mol. The van der Waals surface area contributed by atoms with Crippen LogP contribution in [0.5, 0.6) is 0 Å². The van der Waals surface area contributed by atoms with Crippen molar-refractivity contribution in [2.75, 3.05) is 5.32 Å². The van der Waals surface area contributed by atoms with E-state index in [4.69, 9.17) is 5.14 Å². The zero-order valence-corrected chi connectivity index (χ0v) is 21.5. The van der Waals surface area contributed by atoms with Crippen molar-refractivity contribution >= 4 is 44.7 Å². The molecule has 7 nitrogen and oxygen atoms in total. The molecule has 2 saturated carbocycles. The molecule has 2 aliphatic carbocycles. The first kappa shape index (κ1) is 23.9. The summed E-state index contributed by atoms with van der Waals surface area (Å²) in [5, 5.41) is 9.08. The van der Waals surface area contributed by atoms with Crippen LogP contribution in [0.3, 0.4) is 0 Å². The Kier molecular flexibility index (Phi) is 5.86. The number of aromatic nitrogens is 1. The van der Waals surface area contributed by atoms with Crippen LogP contribution in [-0.2, 0) is 21.4 Å².